The Balaban J connectivity index is 1.51. The molecule has 2 aliphatic rings. The van der Waals surface area contributed by atoms with Crippen molar-refractivity contribution in [1.82, 2.24) is 10.6 Å². The molecular weight excluding hydrogens is 293 g/mol. The van der Waals surface area contributed by atoms with Crippen molar-refractivity contribution in [3.8, 4) is 0 Å². The summed E-state index contributed by atoms with van der Waals surface area (Å²) in [4.78, 5) is 4.32. The van der Waals surface area contributed by atoms with E-state index < -0.39 is 0 Å². The lowest BCUT2D eigenvalue weighted by Gasteiger charge is -2.54. The van der Waals surface area contributed by atoms with Gasteiger partial charge in [0.1, 0.15) is 5.82 Å². The van der Waals surface area contributed by atoms with Gasteiger partial charge in [0.2, 0.25) is 0 Å². The van der Waals surface area contributed by atoms with Crippen LogP contribution in [0.5, 0.6) is 0 Å². The maximum atomic E-state index is 13.2. The van der Waals surface area contributed by atoms with E-state index in [1.807, 2.05) is 6.07 Å². The normalized spacial score (nSPS) is 28.9. The number of benzene rings is 1. The van der Waals surface area contributed by atoms with Gasteiger partial charge in [-0.1, -0.05) is 26.0 Å². The third-order valence-corrected chi connectivity index (χ3v) is 5.21. The van der Waals surface area contributed by atoms with Crippen LogP contribution in [0, 0.1) is 17.2 Å². The summed E-state index contributed by atoms with van der Waals surface area (Å²) < 4.78 is 19.0. The van der Waals surface area contributed by atoms with Crippen molar-refractivity contribution in [2.45, 2.75) is 38.8 Å². The molecule has 0 radical (unpaired) electrons. The summed E-state index contributed by atoms with van der Waals surface area (Å²) in [5.41, 5.74) is 1.11. The van der Waals surface area contributed by atoms with Crippen LogP contribution < -0.4 is 10.6 Å². The highest BCUT2D eigenvalue weighted by atomic mass is 19.1. The number of halogens is 1. The molecule has 3 atom stereocenters. The highest BCUT2D eigenvalue weighted by Gasteiger charge is 2.59. The van der Waals surface area contributed by atoms with Gasteiger partial charge < -0.3 is 15.4 Å². The first kappa shape index (κ1) is 16.2. The fraction of sp³-hybridized carbons (Fsp3) is 0.611. The first-order chi connectivity index (χ1) is 11.0. The van der Waals surface area contributed by atoms with Crippen molar-refractivity contribution < 1.29 is 9.13 Å². The average Bonchev–Trinajstić information content (AvgIpc) is 2.97. The number of nitrogens with zero attached hydrogens (tertiary/aromatic N) is 1. The van der Waals surface area contributed by atoms with Crippen LogP contribution in [0.4, 0.5) is 4.39 Å². The Hall–Kier alpha value is -1.62. The summed E-state index contributed by atoms with van der Waals surface area (Å²) in [5, 5.41) is 6.88. The van der Waals surface area contributed by atoms with Gasteiger partial charge in [-0.3, -0.25) is 4.99 Å². The monoisotopic (exact) mass is 319 g/mol. The minimum absolute atomic E-state index is 0.126. The minimum atomic E-state index is -0.187. The van der Waals surface area contributed by atoms with Gasteiger partial charge in [0.05, 0.1) is 6.10 Å². The summed E-state index contributed by atoms with van der Waals surface area (Å²) in [6, 6.07) is 7.12. The third kappa shape index (κ3) is 3.20. The molecule has 1 aliphatic carbocycles. The van der Waals surface area contributed by atoms with E-state index in [2.05, 4.69) is 29.5 Å². The molecule has 1 aromatic rings. The van der Waals surface area contributed by atoms with E-state index in [-0.39, 0.29) is 11.2 Å². The van der Waals surface area contributed by atoms with Gasteiger partial charge in [0, 0.05) is 37.6 Å². The lowest BCUT2D eigenvalue weighted by Crippen LogP contribution is -2.68. The molecule has 126 valence electrons. The molecule has 3 unspecified atom stereocenters. The second-order valence-corrected chi connectivity index (χ2v) is 7.07. The topological polar surface area (TPSA) is 45.7 Å². The maximum absolute atomic E-state index is 13.2. The summed E-state index contributed by atoms with van der Waals surface area (Å²) in [6.07, 6.45) is 2.25. The van der Waals surface area contributed by atoms with E-state index in [0.29, 0.717) is 18.1 Å². The predicted octanol–water partition coefficient (Wildman–Crippen LogP) is 2.35. The van der Waals surface area contributed by atoms with E-state index >= 15 is 0 Å². The van der Waals surface area contributed by atoms with Crippen molar-refractivity contribution in [3.05, 3.63) is 35.6 Å². The van der Waals surface area contributed by atoms with Gasteiger partial charge >= 0.3 is 0 Å². The molecule has 2 fully saturated rings. The predicted molar refractivity (Wildman–Crippen MR) is 90.0 cm³/mol. The second kappa shape index (κ2) is 6.48. The van der Waals surface area contributed by atoms with Gasteiger partial charge in [0.25, 0.3) is 0 Å². The van der Waals surface area contributed by atoms with Gasteiger partial charge in [-0.2, -0.15) is 0 Å². The molecule has 2 N–H and O–H groups in total. The van der Waals surface area contributed by atoms with Crippen molar-refractivity contribution in [1.29, 1.82) is 0 Å². The number of rotatable bonds is 4. The zero-order valence-electron chi connectivity index (χ0n) is 14.1. The Kier molecular flexibility index (Phi) is 4.57. The lowest BCUT2D eigenvalue weighted by molar-refractivity contribution is -0.106. The van der Waals surface area contributed by atoms with Gasteiger partial charge in [0.15, 0.2) is 5.96 Å². The molecule has 0 spiro atoms. The molecule has 1 saturated carbocycles. The van der Waals surface area contributed by atoms with E-state index in [1.165, 1.54) is 6.07 Å². The molecule has 1 aliphatic heterocycles. The zero-order chi connectivity index (χ0) is 16.4. The first-order valence-corrected chi connectivity index (χ1v) is 8.35. The number of ether oxygens (including phenoxy) is 1. The number of fused-ring (bicyclic) bond motifs is 1. The Morgan fingerprint density at radius 1 is 1.43 bits per heavy atom. The van der Waals surface area contributed by atoms with Crippen molar-refractivity contribution in [2.24, 2.45) is 16.3 Å². The van der Waals surface area contributed by atoms with Crippen LogP contribution >= 0.6 is 0 Å². The van der Waals surface area contributed by atoms with Gasteiger partial charge in [-0.25, -0.2) is 4.39 Å². The molecule has 1 saturated heterocycles. The summed E-state index contributed by atoms with van der Waals surface area (Å²) in [5.74, 6) is 1.20. The Morgan fingerprint density at radius 2 is 2.26 bits per heavy atom. The standard InChI is InChI=1S/C18H26FN3O/c1-18(2)15(14-8-10-23-16(14)18)22-17(20-3)21-9-7-12-5-4-6-13(19)11-12/h4-6,11,14-16H,7-10H2,1-3H3,(H2,20,21,22). The number of hydrogen-bond acceptors (Lipinski definition) is 2. The minimum Gasteiger partial charge on any atom is -0.377 e. The van der Waals surface area contributed by atoms with Crippen LogP contribution in [0.15, 0.2) is 29.3 Å². The first-order valence-electron chi connectivity index (χ1n) is 8.35. The molecule has 0 amide bonds. The highest BCUT2D eigenvalue weighted by molar-refractivity contribution is 5.80. The van der Waals surface area contributed by atoms with Gasteiger partial charge in [-0.15, -0.1) is 0 Å². The lowest BCUT2D eigenvalue weighted by atomic mass is 9.57. The van der Waals surface area contributed by atoms with Gasteiger partial charge in [-0.05, 0) is 30.5 Å². The third-order valence-electron chi connectivity index (χ3n) is 5.21. The fourth-order valence-electron chi connectivity index (χ4n) is 3.98. The summed E-state index contributed by atoms with van der Waals surface area (Å²) >= 11 is 0. The Morgan fingerprint density at radius 3 is 3.00 bits per heavy atom. The number of nitrogens with one attached hydrogen (secondary N) is 2. The number of hydrogen-bond donors (Lipinski definition) is 2. The largest absolute Gasteiger partial charge is 0.377 e. The smallest absolute Gasteiger partial charge is 0.191 e. The number of aliphatic imine (C=N–C) groups is 1. The van der Waals surface area contributed by atoms with E-state index in [1.54, 1.807) is 19.2 Å². The molecule has 1 heterocycles. The van der Waals surface area contributed by atoms with Crippen LogP contribution in [0.25, 0.3) is 0 Å². The molecule has 5 heteroatoms. The van der Waals surface area contributed by atoms with Crippen LogP contribution in [-0.4, -0.2) is 38.3 Å². The maximum Gasteiger partial charge on any atom is 0.191 e. The molecule has 0 bridgehead atoms. The fourth-order valence-corrected chi connectivity index (χ4v) is 3.98. The Bertz CT molecular complexity index is 587. The number of guanidine groups is 1. The molecule has 0 aromatic heterocycles. The molecule has 4 nitrogen and oxygen atoms in total. The summed E-state index contributed by atoms with van der Waals surface area (Å²) in [7, 11) is 1.78. The van der Waals surface area contributed by atoms with Crippen LogP contribution in [0.2, 0.25) is 0 Å². The average molecular weight is 319 g/mol. The van der Waals surface area contributed by atoms with E-state index in [9.17, 15) is 4.39 Å². The van der Waals surface area contributed by atoms with Crippen molar-refractivity contribution in [2.75, 3.05) is 20.2 Å². The van der Waals surface area contributed by atoms with E-state index in [4.69, 9.17) is 4.74 Å². The second-order valence-electron chi connectivity index (χ2n) is 7.07. The SMILES string of the molecule is CN=C(NCCc1cccc(F)c1)NC1C2CCOC2C1(C)C. The van der Waals surface area contributed by atoms with Crippen molar-refractivity contribution in [3.63, 3.8) is 0 Å². The molecule has 3 rings (SSSR count). The zero-order valence-corrected chi connectivity index (χ0v) is 14.1. The van der Waals surface area contributed by atoms with Crippen molar-refractivity contribution >= 4 is 5.96 Å². The van der Waals surface area contributed by atoms with Crippen LogP contribution in [-0.2, 0) is 11.2 Å². The van der Waals surface area contributed by atoms with Crippen LogP contribution in [0.3, 0.4) is 0 Å². The van der Waals surface area contributed by atoms with E-state index in [0.717, 1.165) is 37.5 Å². The molecule has 23 heavy (non-hydrogen) atoms. The molecule has 1 aromatic carbocycles. The summed E-state index contributed by atoms with van der Waals surface area (Å²) in [6.45, 7) is 6.08. The molecular formula is C18H26FN3O. The Labute approximate surface area is 137 Å². The highest BCUT2D eigenvalue weighted by Crippen LogP contribution is 2.52. The quantitative estimate of drug-likeness (QED) is 0.661. The van der Waals surface area contributed by atoms with Crippen LogP contribution in [0.1, 0.15) is 25.8 Å².